The van der Waals surface area contributed by atoms with Crippen LogP contribution in [-0.2, 0) is 11.8 Å². The van der Waals surface area contributed by atoms with Crippen molar-refractivity contribution in [2.45, 2.75) is 6.92 Å². The van der Waals surface area contributed by atoms with Gasteiger partial charge in [-0.3, -0.25) is 4.76 Å². The Kier molecular flexibility index (Phi) is 4.94. The molecule has 0 amide bonds. The number of hydrogen-bond donors (Lipinski definition) is 1. The highest BCUT2D eigenvalue weighted by Crippen LogP contribution is 2.45. The zero-order valence-corrected chi connectivity index (χ0v) is 15.0. The topological polar surface area (TPSA) is 32.6 Å². The fourth-order valence-electron chi connectivity index (χ4n) is 2.45. The predicted molar refractivity (Wildman–Crippen MR) is 107 cm³/mol. The molecule has 3 rings (SSSR count). The first-order valence-electron chi connectivity index (χ1n) is 7.66. The Bertz CT molecular complexity index is 864. The Morgan fingerprint density at radius 1 is 0.875 bits per heavy atom. The minimum atomic E-state index is -2.33. The molecule has 0 spiro atoms. The lowest BCUT2D eigenvalue weighted by atomic mass is 10.1. The average molecular weight is 351 g/mol. The molecule has 0 saturated carbocycles. The van der Waals surface area contributed by atoms with Crippen LogP contribution in [0, 0.1) is 6.92 Å². The van der Waals surface area contributed by atoms with Crippen LogP contribution in [0.5, 0.6) is 5.75 Å². The lowest BCUT2D eigenvalue weighted by molar-refractivity contribution is 0.474. The molecule has 0 aromatic heterocycles. The summed E-state index contributed by atoms with van der Waals surface area (Å²) in [5.74, 6) is 0.224. The monoisotopic (exact) mass is 351 g/mol. The second kappa shape index (κ2) is 7.12. The van der Waals surface area contributed by atoms with Gasteiger partial charge in [-0.25, -0.2) is 0 Å². The van der Waals surface area contributed by atoms with E-state index in [-0.39, 0.29) is 5.75 Å². The lowest BCUT2D eigenvalue weighted by Gasteiger charge is -2.18. The van der Waals surface area contributed by atoms with Gasteiger partial charge in [0.1, 0.15) is 11.9 Å². The third-order valence-electron chi connectivity index (χ3n) is 3.76. The molecule has 0 fully saturated rings. The Hall–Kier alpha value is -2.22. The summed E-state index contributed by atoms with van der Waals surface area (Å²) in [5, 5.41) is 12.2. The van der Waals surface area contributed by atoms with Crippen molar-refractivity contribution in [3.63, 3.8) is 0 Å². The molecule has 0 aliphatic rings. The zero-order chi connectivity index (χ0) is 17.0. The van der Waals surface area contributed by atoms with Crippen LogP contribution in [0.4, 0.5) is 0 Å². The van der Waals surface area contributed by atoms with Crippen LogP contribution in [0.3, 0.4) is 0 Å². The summed E-state index contributed by atoms with van der Waals surface area (Å²) in [6, 6.07) is 25.6. The van der Waals surface area contributed by atoms with E-state index in [4.69, 9.17) is 16.6 Å². The number of rotatable bonds is 4. The molecule has 0 aliphatic heterocycles. The molecular weight excluding hydrogens is 333 g/mol. The Morgan fingerprint density at radius 3 is 1.92 bits per heavy atom. The Morgan fingerprint density at radius 2 is 1.42 bits per heavy atom. The highest BCUT2D eigenvalue weighted by atomic mass is 32.4. The largest absolute Gasteiger partial charge is 0.507 e. The molecule has 4 heteroatoms. The van der Waals surface area contributed by atoms with E-state index in [1.807, 2.05) is 79.7 Å². The van der Waals surface area contributed by atoms with Crippen molar-refractivity contribution >= 4 is 34.8 Å². The van der Waals surface area contributed by atoms with E-state index in [2.05, 4.69) is 0 Å². The number of hydrogen-bond acceptors (Lipinski definition) is 2. The van der Waals surface area contributed by atoms with Crippen LogP contribution >= 0.6 is 6.19 Å². The van der Waals surface area contributed by atoms with Gasteiger partial charge in [-0.05, 0) is 24.6 Å². The van der Waals surface area contributed by atoms with Crippen molar-refractivity contribution in [3.05, 3.63) is 90.0 Å². The first-order chi connectivity index (χ1) is 11.6. The van der Waals surface area contributed by atoms with Crippen molar-refractivity contribution in [1.82, 2.24) is 0 Å². The van der Waals surface area contributed by atoms with Gasteiger partial charge in [0.05, 0.1) is 0 Å². The summed E-state index contributed by atoms with van der Waals surface area (Å²) in [4.78, 5) is 0. The summed E-state index contributed by atoms with van der Waals surface area (Å²) in [6.07, 6.45) is -0.626. The van der Waals surface area contributed by atoms with Gasteiger partial charge in [-0.15, -0.1) is 0 Å². The van der Waals surface area contributed by atoms with Crippen molar-refractivity contribution < 1.29 is 5.11 Å². The molecule has 3 aromatic rings. The normalized spacial score (nSPS) is 11.7. The van der Waals surface area contributed by atoms with Gasteiger partial charge in [0.15, 0.2) is 0 Å². The molecule has 2 nitrogen and oxygen atoms in total. The van der Waals surface area contributed by atoms with Crippen molar-refractivity contribution in [2.24, 2.45) is 4.76 Å². The number of nitrogens with zero attached hydrogens (tertiary/aromatic N) is 1. The highest BCUT2D eigenvalue weighted by molar-refractivity contribution is 8.21. The molecule has 0 bridgehead atoms. The van der Waals surface area contributed by atoms with Gasteiger partial charge in [0, 0.05) is 22.4 Å². The summed E-state index contributed by atoms with van der Waals surface area (Å²) in [6.45, 7) is 1.94. The summed E-state index contributed by atoms with van der Waals surface area (Å²) in [7, 11) is 0. The van der Waals surface area contributed by atoms with Crippen LogP contribution in [0.15, 0.2) is 83.6 Å². The van der Waals surface area contributed by atoms with Gasteiger partial charge >= 0.3 is 0 Å². The number of aryl methyl sites for hydroxylation is 1. The molecule has 0 radical (unpaired) electrons. The molecule has 0 saturated heterocycles. The second-order valence-corrected chi connectivity index (χ2v) is 9.56. The predicted octanol–water partition coefficient (Wildman–Crippen LogP) is 4.17. The molecule has 0 heterocycles. The lowest BCUT2D eigenvalue weighted by Crippen LogP contribution is -2.14. The van der Waals surface area contributed by atoms with E-state index in [0.717, 1.165) is 16.2 Å². The minimum absolute atomic E-state index is 0.224. The maximum Gasteiger partial charge on any atom is 0.124 e. The summed E-state index contributed by atoms with van der Waals surface area (Å²) in [5.41, 5.74) is 1.69. The Balaban J connectivity index is 2.09. The second-order valence-electron chi connectivity index (χ2n) is 5.55. The quantitative estimate of drug-likeness (QED) is 0.565. The smallest absolute Gasteiger partial charge is 0.124 e. The van der Waals surface area contributed by atoms with Crippen molar-refractivity contribution in [2.75, 3.05) is 0 Å². The van der Waals surface area contributed by atoms with E-state index in [1.165, 1.54) is 0 Å². The first kappa shape index (κ1) is 16.6. The fourth-order valence-corrected chi connectivity index (χ4v) is 5.32. The van der Waals surface area contributed by atoms with E-state index < -0.39 is 6.19 Å². The molecular formula is C20H18NOPS. The molecule has 0 atom stereocenters. The van der Waals surface area contributed by atoms with Crippen LogP contribution in [-0.4, -0.2) is 11.3 Å². The van der Waals surface area contributed by atoms with Gasteiger partial charge in [0.25, 0.3) is 0 Å². The maximum absolute atomic E-state index is 10.1. The minimum Gasteiger partial charge on any atom is -0.507 e. The van der Waals surface area contributed by atoms with Crippen LogP contribution in [0.25, 0.3) is 0 Å². The number of aromatic hydroxyl groups is 1. The summed E-state index contributed by atoms with van der Waals surface area (Å²) >= 11 is 6.03. The molecule has 120 valence electrons. The third-order valence-corrected chi connectivity index (χ3v) is 7.74. The van der Waals surface area contributed by atoms with E-state index >= 15 is 0 Å². The SMILES string of the molecule is Cc1ccc(/C=N/P(=S)(c2ccccc2)c2ccccc2)c(O)c1. The van der Waals surface area contributed by atoms with E-state index in [0.29, 0.717) is 5.56 Å². The van der Waals surface area contributed by atoms with E-state index in [9.17, 15) is 5.11 Å². The number of benzene rings is 3. The van der Waals surface area contributed by atoms with E-state index in [1.54, 1.807) is 12.3 Å². The molecule has 24 heavy (non-hydrogen) atoms. The average Bonchev–Trinajstić information content (AvgIpc) is 2.62. The van der Waals surface area contributed by atoms with Crippen LogP contribution in [0.2, 0.25) is 0 Å². The molecule has 1 N–H and O–H groups in total. The number of phenolic OH excluding ortho intramolecular Hbond substituents is 1. The van der Waals surface area contributed by atoms with Gasteiger partial charge in [0.2, 0.25) is 0 Å². The Labute approximate surface area is 147 Å². The zero-order valence-electron chi connectivity index (χ0n) is 13.3. The first-order valence-corrected chi connectivity index (χ1v) is 10.4. The van der Waals surface area contributed by atoms with Gasteiger partial charge in [-0.2, -0.15) is 0 Å². The van der Waals surface area contributed by atoms with Gasteiger partial charge < -0.3 is 5.11 Å². The van der Waals surface area contributed by atoms with Crippen molar-refractivity contribution in [3.8, 4) is 5.75 Å². The van der Waals surface area contributed by atoms with Crippen LogP contribution in [0.1, 0.15) is 11.1 Å². The van der Waals surface area contributed by atoms with Gasteiger partial charge in [-0.1, -0.05) is 78.5 Å². The molecule has 3 aromatic carbocycles. The third kappa shape index (κ3) is 3.48. The molecule has 0 aliphatic carbocycles. The molecule has 0 unspecified atom stereocenters. The highest BCUT2D eigenvalue weighted by Gasteiger charge is 2.20. The number of phenols is 1. The fraction of sp³-hybridized carbons (Fsp3) is 0.0500. The standard InChI is InChI=1S/C20H18NOPS/c1-16-12-13-17(20(22)14-16)15-21-23(24,18-8-4-2-5-9-18)19-10-6-3-7-11-19/h2-15,22H,1H3/b21-15+. The van der Waals surface area contributed by atoms with Crippen molar-refractivity contribution in [1.29, 1.82) is 0 Å². The maximum atomic E-state index is 10.1. The van der Waals surface area contributed by atoms with Crippen LogP contribution < -0.4 is 10.6 Å². The summed E-state index contributed by atoms with van der Waals surface area (Å²) < 4.78 is 4.80.